The standard InChI is InChI=1S/C25H29N11O/c1-5-6-10-21-16-35(23-29-32-33-36(23)25(2,3)4)24(37)34(21)15-20-14-18(11-12-26-20)17-8-7-9-19(13-17)22-27-30-31-28-22/h7-9,11-14,16H,5-6,10,15H2,1-4H3,(H,27,28,30,31). The SMILES string of the molecule is CCCCc1cn(-c2nnnn2C(C)(C)C)c(=O)n1Cc1cc(-c2cccc(-c3nnn[nH]3)c2)ccn1. The predicted molar refractivity (Wildman–Crippen MR) is 137 cm³/mol. The van der Waals surface area contributed by atoms with E-state index in [-0.39, 0.29) is 11.2 Å². The van der Waals surface area contributed by atoms with E-state index in [0.29, 0.717) is 18.3 Å². The molecule has 4 aromatic heterocycles. The third-order valence-corrected chi connectivity index (χ3v) is 6.10. The molecule has 0 radical (unpaired) electrons. The maximum atomic E-state index is 13.6. The Morgan fingerprint density at radius 3 is 2.57 bits per heavy atom. The molecule has 0 aliphatic heterocycles. The highest BCUT2D eigenvalue weighted by Gasteiger charge is 2.24. The zero-order valence-electron chi connectivity index (χ0n) is 21.3. The second-order valence-corrected chi connectivity index (χ2v) is 9.89. The van der Waals surface area contributed by atoms with E-state index >= 15 is 0 Å². The zero-order valence-corrected chi connectivity index (χ0v) is 21.3. The van der Waals surface area contributed by atoms with Gasteiger partial charge in [0.15, 0.2) is 5.82 Å². The Kier molecular flexibility index (Phi) is 6.47. The van der Waals surface area contributed by atoms with Crippen LogP contribution in [0.15, 0.2) is 53.6 Å². The number of hydrogen-bond donors (Lipinski definition) is 1. The zero-order chi connectivity index (χ0) is 26.0. The second-order valence-electron chi connectivity index (χ2n) is 9.89. The van der Waals surface area contributed by atoms with E-state index in [4.69, 9.17) is 0 Å². The van der Waals surface area contributed by atoms with Crippen LogP contribution in [0.5, 0.6) is 0 Å². The highest BCUT2D eigenvalue weighted by molar-refractivity contribution is 5.70. The monoisotopic (exact) mass is 499 g/mol. The summed E-state index contributed by atoms with van der Waals surface area (Å²) in [7, 11) is 0. The summed E-state index contributed by atoms with van der Waals surface area (Å²) in [6.45, 7) is 8.46. The van der Waals surface area contributed by atoms with Gasteiger partial charge in [-0.25, -0.2) is 19.1 Å². The maximum absolute atomic E-state index is 13.6. The van der Waals surface area contributed by atoms with Crippen molar-refractivity contribution in [3.63, 3.8) is 0 Å². The molecule has 4 heterocycles. The Hall–Kier alpha value is -4.48. The molecule has 0 aliphatic carbocycles. The fourth-order valence-electron chi connectivity index (χ4n) is 4.20. The van der Waals surface area contributed by atoms with Gasteiger partial charge in [0, 0.05) is 23.7 Å². The minimum absolute atomic E-state index is 0.196. The quantitative estimate of drug-likeness (QED) is 0.344. The summed E-state index contributed by atoms with van der Waals surface area (Å²) in [5.74, 6) is 0.997. The number of nitrogens with zero attached hydrogens (tertiary/aromatic N) is 10. The van der Waals surface area contributed by atoms with E-state index in [2.05, 4.69) is 48.1 Å². The van der Waals surface area contributed by atoms with Crippen LogP contribution in [0.1, 0.15) is 51.9 Å². The number of hydrogen-bond acceptors (Lipinski definition) is 8. The lowest BCUT2D eigenvalue weighted by Gasteiger charge is -2.19. The average Bonchev–Trinajstić information content (AvgIpc) is 3.65. The summed E-state index contributed by atoms with van der Waals surface area (Å²) in [5.41, 5.74) is 3.98. The number of aromatic nitrogens is 11. The average molecular weight is 500 g/mol. The molecule has 12 heteroatoms. The first-order chi connectivity index (χ1) is 17.8. The molecular formula is C25H29N11O. The largest absolute Gasteiger partial charge is 0.335 e. The number of unbranched alkanes of at least 4 members (excludes halogenated alkanes) is 1. The van der Waals surface area contributed by atoms with Gasteiger partial charge in [-0.1, -0.05) is 36.6 Å². The van der Waals surface area contributed by atoms with Gasteiger partial charge in [-0.3, -0.25) is 9.55 Å². The van der Waals surface area contributed by atoms with Gasteiger partial charge in [0.2, 0.25) is 0 Å². The molecule has 37 heavy (non-hydrogen) atoms. The van der Waals surface area contributed by atoms with E-state index < -0.39 is 0 Å². The fraction of sp³-hybridized carbons (Fsp3) is 0.360. The Bertz CT molecular complexity index is 1550. The van der Waals surface area contributed by atoms with Crippen LogP contribution in [-0.2, 0) is 18.5 Å². The van der Waals surface area contributed by atoms with Gasteiger partial charge in [0.05, 0.1) is 17.8 Å². The van der Waals surface area contributed by atoms with Crippen molar-refractivity contribution in [3.8, 4) is 28.5 Å². The minimum Gasteiger partial charge on any atom is -0.290 e. The number of imidazole rings is 1. The third-order valence-electron chi connectivity index (χ3n) is 6.10. The Balaban J connectivity index is 1.51. The van der Waals surface area contributed by atoms with Crippen molar-refractivity contribution in [1.82, 2.24) is 54.9 Å². The van der Waals surface area contributed by atoms with Gasteiger partial charge < -0.3 is 0 Å². The molecule has 190 valence electrons. The Morgan fingerprint density at radius 2 is 1.81 bits per heavy atom. The van der Waals surface area contributed by atoms with Gasteiger partial charge >= 0.3 is 5.69 Å². The molecule has 0 aliphatic rings. The minimum atomic E-state index is -0.379. The molecule has 0 bridgehead atoms. The molecule has 0 fully saturated rings. The maximum Gasteiger partial charge on any atom is 0.335 e. The molecule has 1 N–H and O–H groups in total. The van der Waals surface area contributed by atoms with E-state index in [0.717, 1.165) is 47.3 Å². The number of aromatic amines is 1. The number of benzene rings is 1. The number of nitrogens with one attached hydrogen (secondary N) is 1. The first kappa shape index (κ1) is 24.2. The molecule has 0 saturated heterocycles. The molecule has 5 rings (SSSR count). The number of H-pyrrole nitrogens is 1. The summed E-state index contributed by atoms with van der Waals surface area (Å²) < 4.78 is 4.97. The molecule has 5 aromatic rings. The van der Waals surface area contributed by atoms with Gasteiger partial charge in [0.25, 0.3) is 5.95 Å². The summed E-state index contributed by atoms with van der Waals surface area (Å²) in [4.78, 5) is 18.2. The van der Waals surface area contributed by atoms with Crippen LogP contribution in [0.2, 0.25) is 0 Å². The topological polar surface area (TPSA) is 138 Å². The second kappa shape index (κ2) is 9.88. The van der Waals surface area contributed by atoms with Gasteiger partial charge in [-0.2, -0.15) is 0 Å². The van der Waals surface area contributed by atoms with Crippen molar-refractivity contribution in [2.24, 2.45) is 0 Å². The normalized spacial score (nSPS) is 11.8. The summed E-state index contributed by atoms with van der Waals surface area (Å²) in [6, 6.07) is 11.9. The molecular weight excluding hydrogens is 470 g/mol. The van der Waals surface area contributed by atoms with Crippen LogP contribution in [0.3, 0.4) is 0 Å². The summed E-state index contributed by atoms with van der Waals surface area (Å²) >= 11 is 0. The molecule has 0 atom stereocenters. The number of pyridine rings is 1. The van der Waals surface area contributed by atoms with Crippen LogP contribution >= 0.6 is 0 Å². The van der Waals surface area contributed by atoms with Crippen LogP contribution in [0.25, 0.3) is 28.5 Å². The van der Waals surface area contributed by atoms with Crippen molar-refractivity contribution < 1.29 is 0 Å². The van der Waals surface area contributed by atoms with Gasteiger partial charge in [0.1, 0.15) is 0 Å². The van der Waals surface area contributed by atoms with Crippen LogP contribution < -0.4 is 5.69 Å². The number of tetrazole rings is 2. The van der Waals surface area contributed by atoms with Crippen LogP contribution in [0.4, 0.5) is 0 Å². The van der Waals surface area contributed by atoms with Gasteiger partial charge in [-0.15, -0.1) is 5.10 Å². The lowest BCUT2D eigenvalue weighted by molar-refractivity contribution is 0.342. The van der Waals surface area contributed by atoms with Crippen molar-refractivity contribution in [2.75, 3.05) is 0 Å². The molecule has 0 unspecified atom stereocenters. The Labute approximate surface area is 213 Å². The fourth-order valence-corrected chi connectivity index (χ4v) is 4.20. The first-order valence-electron chi connectivity index (χ1n) is 12.2. The summed E-state index contributed by atoms with van der Waals surface area (Å²) in [5, 5.41) is 26.2. The lowest BCUT2D eigenvalue weighted by Crippen LogP contribution is -2.31. The highest BCUT2D eigenvalue weighted by Crippen LogP contribution is 2.25. The lowest BCUT2D eigenvalue weighted by atomic mass is 10.0. The Morgan fingerprint density at radius 1 is 1.00 bits per heavy atom. The summed E-state index contributed by atoms with van der Waals surface area (Å²) in [6.07, 6.45) is 6.36. The molecule has 0 spiro atoms. The van der Waals surface area contributed by atoms with E-state index in [9.17, 15) is 4.79 Å². The van der Waals surface area contributed by atoms with Crippen molar-refractivity contribution in [3.05, 3.63) is 70.7 Å². The van der Waals surface area contributed by atoms with Crippen molar-refractivity contribution in [2.45, 2.75) is 59.0 Å². The van der Waals surface area contributed by atoms with E-state index in [1.54, 1.807) is 15.4 Å². The van der Waals surface area contributed by atoms with Gasteiger partial charge in [-0.05, 0) is 83.8 Å². The smallest absolute Gasteiger partial charge is 0.290 e. The predicted octanol–water partition coefficient (Wildman–Crippen LogP) is 3.01. The third kappa shape index (κ3) is 4.95. The molecule has 0 saturated carbocycles. The number of rotatable bonds is 8. The van der Waals surface area contributed by atoms with Crippen molar-refractivity contribution in [1.29, 1.82) is 0 Å². The van der Waals surface area contributed by atoms with Crippen molar-refractivity contribution >= 4 is 0 Å². The van der Waals surface area contributed by atoms with E-state index in [1.807, 2.05) is 63.4 Å². The first-order valence-corrected chi connectivity index (χ1v) is 12.2. The molecule has 0 amide bonds. The van der Waals surface area contributed by atoms with E-state index in [1.165, 1.54) is 4.57 Å². The van der Waals surface area contributed by atoms with Crippen LogP contribution in [-0.4, -0.2) is 54.9 Å². The van der Waals surface area contributed by atoms with Crippen LogP contribution in [0, 0.1) is 0 Å². The molecule has 12 nitrogen and oxygen atoms in total. The molecule has 1 aromatic carbocycles. The number of aryl methyl sites for hydroxylation is 1. The highest BCUT2D eigenvalue weighted by atomic mass is 16.2.